The summed E-state index contributed by atoms with van der Waals surface area (Å²) in [6.45, 7) is -3.35. The van der Waals surface area contributed by atoms with Gasteiger partial charge in [-0.3, -0.25) is 19.8 Å². The molecule has 132 valence electrons. The van der Waals surface area contributed by atoms with Gasteiger partial charge in [0, 0.05) is 54.9 Å². The van der Waals surface area contributed by atoms with Crippen LogP contribution in [0.3, 0.4) is 0 Å². The number of anilines is 1. The molecule has 0 aliphatic carbocycles. The van der Waals surface area contributed by atoms with Gasteiger partial charge in [-0.2, -0.15) is 5.10 Å². The number of nitrogens with one attached hydrogen (secondary N) is 1. The van der Waals surface area contributed by atoms with Crippen LogP contribution in [-0.4, -0.2) is 32.6 Å². The van der Waals surface area contributed by atoms with E-state index in [0.717, 1.165) is 12.3 Å². The molecule has 1 saturated heterocycles. The summed E-state index contributed by atoms with van der Waals surface area (Å²) in [6, 6.07) is 6.71. The molecule has 0 radical (unpaired) electrons. The second-order valence-corrected chi connectivity index (χ2v) is 5.63. The van der Waals surface area contributed by atoms with Crippen molar-refractivity contribution < 1.29 is 17.1 Å². The molecule has 1 N–H and O–H groups in total. The van der Waals surface area contributed by atoms with Gasteiger partial charge in [0.1, 0.15) is 5.15 Å². The van der Waals surface area contributed by atoms with Gasteiger partial charge in [-0.25, -0.2) is 4.98 Å². The van der Waals surface area contributed by atoms with E-state index in [4.69, 9.17) is 23.9 Å². The van der Waals surface area contributed by atoms with Crippen LogP contribution >= 0.6 is 11.6 Å². The third kappa shape index (κ3) is 3.46. The quantitative estimate of drug-likeness (QED) is 0.707. The summed E-state index contributed by atoms with van der Waals surface area (Å²) in [5.74, 6) is -5.61. The Labute approximate surface area is 168 Å². The molecule has 3 aromatic heterocycles. The summed E-state index contributed by atoms with van der Waals surface area (Å²) < 4.78 is 76.4. The third-order valence-corrected chi connectivity index (χ3v) is 3.78. The van der Waals surface area contributed by atoms with Gasteiger partial charge in [0.05, 0.1) is 5.69 Å². The van der Waals surface area contributed by atoms with Crippen LogP contribution in [0.15, 0.2) is 48.9 Å². The minimum absolute atomic E-state index is 0.0185. The third-order valence-electron chi connectivity index (χ3n) is 3.55. The van der Waals surface area contributed by atoms with E-state index >= 15 is 0 Å². The van der Waals surface area contributed by atoms with Crippen LogP contribution in [-0.2, 0) is 11.2 Å². The fourth-order valence-electron chi connectivity index (χ4n) is 2.31. The Hall–Kier alpha value is -2.73. The molecule has 3 aromatic rings. The molecule has 26 heavy (non-hydrogen) atoms. The fourth-order valence-corrected chi connectivity index (χ4v) is 2.42. The first-order chi connectivity index (χ1) is 16.1. The van der Waals surface area contributed by atoms with Crippen LogP contribution in [0.5, 0.6) is 0 Å². The maximum atomic E-state index is 13.7. The molecule has 1 aliphatic rings. The van der Waals surface area contributed by atoms with Gasteiger partial charge in [-0.1, -0.05) is 17.7 Å². The summed E-state index contributed by atoms with van der Waals surface area (Å²) in [5.41, 5.74) is 0.453. The van der Waals surface area contributed by atoms with Crippen molar-refractivity contribution in [2.45, 2.75) is 19.1 Å². The van der Waals surface area contributed by atoms with Crippen molar-refractivity contribution in [3.05, 3.63) is 59.6 Å². The average Bonchev–Trinajstić information content (AvgIpc) is 3.27. The van der Waals surface area contributed by atoms with Crippen LogP contribution < -0.4 is 4.90 Å². The summed E-state index contributed by atoms with van der Waals surface area (Å²) >= 11 is 5.75. The molecule has 0 saturated carbocycles. The number of amides is 1. The fraction of sp³-hybridized carbons (Fsp3) is 0.263. The van der Waals surface area contributed by atoms with E-state index in [9.17, 15) is 4.79 Å². The smallest absolute Gasteiger partial charge is 0.231 e. The first-order valence-electron chi connectivity index (χ1n) is 12.0. The maximum absolute atomic E-state index is 13.7. The summed E-state index contributed by atoms with van der Waals surface area (Å²) in [7, 11) is 0. The lowest BCUT2D eigenvalue weighted by Gasteiger charge is -2.30. The maximum Gasteiger partial charge on any atom is 0.231 e. The zero-order valence-corrected chi connectivity index (χ0v) is 13.9. The molecule has 6 nitrogen and oxygen atoms in total. The van der Waals surface area contributed by atoms with Gasteiger partial charge in [-0.05, 0) is 42.9 Å². The Morgan fingerprint density at radius 1 is 1.38 bits per heavy atom. The predicted molar refractivity (Wildman–Crippen MR) is 99.8 cm³/mol. The number of aromatic nitrogens is 4. The lowest BCUT2D eigenvalue weighted by Crippen LogP contribution is -2.42. The van der Waals surface area contributed by atoms with Gasteiger partial charge in [-0.15, -0.1) is 0 Å². The average molecular weight is 377 g/mol. The highest BCUT2D eigenvalue weighted by Gasteiger charge is 2.31. The van der Waals surface area contributed by atoms with Gasteiger partial charge in [0.2, 0.25) is 5.91 Å². The number of rotatable bonds is 4. The molecule has 7 heteroatoms. The summed E-state index contributed by atoms with van der Waals surface area (Å²) in [4.78, 5) is 21.6. The van der Waals surface area contributed by atoms with E-state index in [1.165, 1.54) is 24.5 Å². The van der Waals surface area contributed by atoms with Crippen molar-refractivity contribution in [1.29, 1.82) is 0 Å². The minimum atomic E-state index is -3.65. The van der Waals surface area contributed by atoms with Crippen molar-refractivity contribution in [2.75, 3.05) is 11.4 Å². The SMILES string of the molecule is [2H]C1([2H])N(c2cc(-c3ccncc3)[nH]n2)C(=O)[C@]([2H])(C([2H])([2H])c2ccc(Cl)nc2)C([2H])([2H])C1([2H])[2H]. The Morgan fingerprint density at radius 2 is 2.23 bits per heavy atom. The van der Waals surface area contributed by atoms with Crippen LogP contribution in [0.25, 0.3) is 11.3 Å². The second-order valence-electron chi connectivity index (χ2n) is 5.25. The highest BCUT2D eigenvalue weighted by atomic mass is 35.5. The van der Waals surface area contributed by atoms with Gasteiger partial charge in [0.25, 0.3) is 0 Å². The van der Waals surface area contributed by atoms with Crippen molar-refractivity contribution in [3.8, 4) is 11.3 Å². The second kappa shape index (κ2) is 7.25. The van der Waals surface area contributed by atoms with E-state index in [0.29, 0.717) is 11.3 Å². The topological polar surface area (TPSA) is 74.8 Å². The highest BCUT2D eigenvalue weighted by molar-refractivity contribution is 6.29. The number of pyridine rings is 2. The number of halogens is 1. The summed E-state index contributed by atoms with van der Waals surface area (Å²) in [6.07, 6.45) is -6.49. The van der Waals surface area contributed by atoms with Gasteiger partial charge >= 0.3 is 0 Å². The van der Waals surface area contributed by atoms with Crippen LogP contribution in [0.2, 0.25) is 5.15 Å². The summed E-state index contributed by atoms with van der Waals surface area (Å²) in [5, 5.41) is 6.48. The van der Waals surface area contributed by atoms with E-state index in [1.807, 2.05) is 0 Å². The van der Waals surface area contributed by atoms with Crippen LogP contribution in [0.1, 0.15) is 30.6 Å². The van der Waals surface area contributed by atoms with E-state index in [-0.39, 0.29) is 10.1 Å². The normalized spacial score (nSPS) is 31.8. The van der Waals surface area contributed by atoms with Gasteiger partial charge < -0.3 is 0 Å². The largest absolute Gasteiger partial charge is 0.295 e. The predicted octanol–water partition coefficient (Wildman–Crippen LogP) is 3.51. The Bertz CT molecular complexity index is 1270. The molecule has 4 rings (SSSR count). The zero-order chi connectivity index (χ0) is 26.0. The molecule has 1 amide bonds. The number of H-pyrrole nitrogens is 1. The van der Waals surface area contributed by atoms with E-state index < -0.39 is 48.8 Å². The van der Waals surface area contributed by atoms with Crippen molar-refractivity contribution in [1.82, 2.24) is 20.2 Å². The minimum Gasteiger partial charge on any atom is -0.295 e. The molecule has 1 atom stereocenters. The Kier molecular flexibility index (Phi) is 2.59. The molecular weight excluding hydrogens is 350 g/mol. The van der Waals surface area contributed by atoms with Gasteiger partial charge in [0.15, 0.2) is 5.82 Å². The molecule has 0 aromatic carbocycles. The number of nitrogens with zero attached hydrogens (tertiary/aromatic N) is 4. The number of hydrogen-bond acceptors (Lipinski definition) is 4. The van der Waals surface area contributed by atoms with Crippen molar-refractivity contribution in [3.63, 3.8) is 0 Å². The van der Waals surface area contributed by atoms with E-state index in [1.54, 1.807) is 12.1 Å². The first kappa shape index (κ1) is 9.28. The molecule has 0 spiro atoms. The van der Waals surface area contributed by atoms with Crippen LogP contribution in [0, 0.1) is 5.89 Å². The molecule has 0 unspecified atom stereocenters. The van der Waals surface area contributed by atoms with E-state index in [2.05, 4.69) is 20.2 Å². The van der Waals surface area contributed by atoms with Crippen LogP contribution in [0.4, 0.5) is 5.82 Å². The molecular formula is C19H18ClN5O. The monoisotopic (exact) mass is 376 g/mol. The zero-order valence-electron chi connectivity index (χ0n) is 22.2. The number of aromatic amines is 1. The number of hydrogen-bond donors (Lipinski definition) is 1. The first-order valence-corrected chi connectivity index (χ1v) is 7.91. The Balaban J connectivity index is 1.92. The lowest BCUT2D eigenvalue weighted by atomic mass is 9.91. The van der Waals surface area contributed by atoms with Crippen molar-refractivity contribution in [2.24, 2.45) is 5.89 Å². The molecule has 1 fully saturated rings. The standard InChI is InChI=1S/C19H18ClN5O/c20-17-4-3-13(12-22-17)10-15-2-1-9-25(19(15)26)18-11-16(23-24-18)14-5-7-21-8-6-14/h3-8,11-12,15H,1-2,9-10H2,(H,23,24)/t15-/m0/s1/i1D2,2D2,9D2,10D2,15D. The molecule has 0 bridgehead atoms. The number of piperidine rings is 1. The molecule has 1 aliphatic heterocycles. The lowest BCUT2D eigenvalue weighted by molar-refractivity contribution is -0.123. The van der Waals surface area contributed by atoms with Crippen molar-refractivity contribution >= 4 is 23.3 Å². The number of carbonyl (C=O) groups excluding carboxylic acids is 1. The molecule has 4 heterocycles. The Morgan fingerprint density at radius 3 is 3.00 bits per heavy atom. The highest BCUT2D eigenvalue weighted by Crippen LogP contribution is 2.28. The number of carbonyl (C=O) groups is 1.